The molecule has 2 aliphatic carbocycles. The number of rotatable bonds is 6. The predicted octanol–water partition coefficient (Wildman–Crippen LogP) is -0.444. The van der Waals surface area contributed by atoms with Crippen molar-refractivity contribution in [2.24, 2.45) is 0 Å². The molecule has 0 amide bonds. The molecule has 0 fully saturated rings. The zero-order chi connectivity index (χ0) is 19.2. The quantitative estimate of drug-likeness (QED) is 0.650. The van der Waals surface area contributed by atoms with Gasteiger partial charge in [0.05, 0.1) is 12.2 Å². The van der Waals surface area contributed by atoms with Crippen LogP contribution < -0.4 is 34.7 Å². The molecule has 0 radical (unpaired) electrons. The van der Waals surface area contributed by atoms with E-state index in [1.165, 1.54) is 16.7 Å². The molecule has 2 N–H and O–H groups in total. The van der Waals surface area contributed by atoms with E-state index in [0.29, 0.717) is 0 Å². The van der Waals surface area contributed by atoms with Crippen LogP contribution in [0.5, 0.6) is 0 Å². The van der Waals surface area contributed by atoms with Crippen molar-refractivity contribution in [1.29, 1.82) is 0 Å². The van der Waals surface area contributed by atoms with Crippen molar-refractivity contribution >= 4 is 17.1 Å². The molecule has 0 saturated heterocycles. The zero-order valence-electron chi connectivity index (χ0n) is 16.0. The second-order valence-electron chi connectivity index (χ2n) is 6.79. The molecule has 5 heteroatoms. The molecular formula is C23H23NaO4. The Kier molecular flexibility index (Phi) is 8.67. The number of hydrogen-bond donors (Lipinski definition) is 2. The Morgan fingerprint density at radius 3 is 2.64 bits per heavy atom. The zero-order valence-corrected chi connectivity index (χ0v) is 18.0. The van der Waals surface area contributed by atoms with Crippen LogP contribution in [0.15, 0.2) is 72.4 Å². The van der Waals surface area contributed by atoms with Crippen LogP contribution in [-0.4, -0.2) is 28.4 Å². The van der Waals surface area contributed by atoms with Gasteiger partial charge in [0.1, 0.15) is 0 Å². The van der Waals surface area contributed by atoms with E-state index in [1.807, 2.05) is 18.2 Å². The maximum Gasteiger partial charge on any atom is 1.00 e. The number of benzene rings is 1. The van der Waals surface area contributed by atoms with Gasteiger partial charge in [-0.25, -0.2) is 0 Å². The minimum atomic E-state index is -1.33. The van der Waals surface area contributed by atoms with E-state index in [0.717, 1.165) is 24.0 Å². The van der Waals surface area contributed by atoms with Gasteiger partial charge in [-0.15, -0.1) is 0 Å². The normalized spacial score (nSPS) is 19.0. The average Bonchev–Trinajstić information content (AvgIpc) is 2.79. The Morgan fingerprint density at radius 1 is 1.14 bits per heavy atom. The van der Waals surface area contributed by atoms with E-state index in [-0.39, 0.29) is 36.0 Å². The number of aliphatic carboxylic acids is 1. The summed E-state index contributed by atoms with van der Waals surface area (Å²) in [4.78, 5) is 10.5. The number of carbonyl (C=O) groups excluding carboxylic acids is 1. The molecule has 0 spiro atoms. The van der Waals surface area contributed by atoms with Gasteiger partial charge in [-0.3, -0.25) is 0 Å². The maximum atomic E-state index is 10.5. The first-order chi connectivity index (χ1) is 13.0. The summed E-state index contributed by atoms with van der Waals surface area (Å²) in [5.74, 6) is -1.33. The Hall–Kier alpha value is -1.69. The number of carboxylic acid groups (broad SMARTS) is 1. The van der Waals surface area contributed by atoms with Gasteiger partial charge in [0.15, 0.2) is 0 Å². The van der Waals surface area contributed by atoms with Crippen molar-refractivity contribution in [1.82, 2.24) is 0 Å². The number of carbonyl (C=O) groups is 1. The summed E-state index contributed by atoms with van der Waals surface area (Å²) in [6.45, 7) is 0. The third-order valence-corrected chi connectivity index (χ3v) is 4.74. The summed E-state index contributed by atoms with van der Waals surface area (Å²) in [5.41, 5.74) is 5.98. The van der Waals surface area contributed by atoms with Crippen molar-refractivity contribution in [3.8, 4) is 0 Å². The second kappa shape index (κ2) is 10.7. The molecule has 28 heavy (non-hydrogen) atoms. The first kappa shape index (κ1) is 22.6. The molecule has 0 aliphatic heterocycles. The third kappa shape index (κ3) is 5.90. The number of fused-ring (bicyclic) bond motifs is 2. The van der Waals surface area contributed by atoms with Crippen molar-refractivity contribution in [3.05, 3.63) is 83.5 Å². The Morgan fingerprint density at radius 2 is 1.89 bits per heavy atom. The second-order valence-corrected chi connectivity index (χ2v) is 6.79. The molecule has 4 nitrogen and oxygen atoms in total. The van der Waals surface area contributed by atoms with Crippen LogP contribution in [0, 0.1) is 0 Å². The molecule has 0 saturated carbocycles. The van der Waals surface area contributed by atoms with Crippen LogP contribution in [0.1, 0.15) is 36.8 Å². The van der Waals surface area contributed by atoms with Gasteiger partial charge >= 0.3 is 29.6 Å². The topological polar surface area (TPSA) is 80.6 Å². The van der Waals surface area contributed by atoms with E-state index in [1.54, 1.807) is 12.2 Å². The number of hydrogen-bond acceptors (Lipinski definition) is 4. The maximum absolute atomic E-state index is 10.5. The first-order valence-corrected chi connectivity index (χ1v) is 9.16. The van der Waals surface area contributed by atoms with E-state index < -0.39 is 24.6 Å². The summed E-state index contributed by atoms with van der Waals surface area (Å²) in [7, 11) is 0. The molecule has 140 valence electrons. The van der Waals surface area contributed by atoms with Gasteiger partial charge < -0.3 is 20.1 Å². The Bertz CT molecular complexity index is 861. The molecule has 1 aromatic carbocycles. The average molecular weight is 386 g/mol. The molecule has 2 aliphatic rings. The minimum absolute atomic E-state index is 0. The third-order valence-electron chi connectivity index (χ3n) is 4.74. The van der Waals surface area contributed by atoms with Gasteiger partial charge in [-0.2, -0.15) is 0 Å². The van der Waals surface area contributed by atoms with Crippen LogP contribution in [-0.2, 0) is 4.79 Å². The monoisotopic (exact) mass is 386 g/mol. The summed E-state index contributed by atoms with van der Waals surface area (Å²) in [6.07, 6.45) is 13.3. The largest absolute Gasteiger partial charge is 1.00 e. The smallest absolute Gasteiger partial charge is 0.550 e. The molecule has 2 atom stereocenters. The van der Waals surface area contributed by atoms with Gasteiger partial charge in [-0.1, -0.05) is 66.8 Å². The van der Waals surface area contributed by atoms with Crippen LogP contribution >= 0.6 is 0 Å². The van der Waals surface area contributed by atoms with Gasteiger partial charge in [-0.05, 0) is 40.7 Å². The standard InChI is InChI=1S/C23H24O4.Na/c24-18(14-19(25)15-23(26)27)8-5-7-17-13-12-16-6-1-2-9-20(16)22-11-4-3-10-21(17)22;/h1,3-8,10-13,18-19,24-25H,2,9,14-15H2,(H,26,27);/q;+1/p-1/b8-5+,17-7+;/t18-,19-;/m1./s1. The van der Waals surface area contributed by atoms with Crippen molar-refractivity contribution < 1.29 is 49.7 Å². The van der Waals surface area contributed by atoms with Crippen LogP contribution in [0.3, 0.4) is 0 Å². The van der Waals surface area contributed by atoms with Crippen molar-refractivity contribution in [2.75, 3.05) is 0 Å². The van der Waals surface area contributed by atoms with E-state index >= 15 is 0 Å². The fourth-order valence-corrected chi connectivity index (χ4v) is 3.46. The number of carboxylic acids is 1. The van der Waals surface area contributed by atoms with Crippen LogP contribution in [0.25, 0.3) is 11.1 Å². The molecular weight excluding hydrogens is 363 g/mol. The first-order valence-electron chi connectivity index (χ1n) is 9.16. The molecule has 3 rings (SSSR count). The molecule has 1 aromatic rings. The Labute approximate surface area is 187 Å². The summed E-state index contributed by atoms with van der Waals surface area (Å²) < 4.78 is 0. The van der Waals surface area contributed by atoms with E-state index in [4.69, 9.17) is 0 Å². The van der Waals surface area contributed by atoms with Gasteiger partial charge in [0.25, 0.3) is 0 Å². The van der Waals surface area contributed by atoms with Gasteiger partial charge in [0.2, 0.25) is 0 Å². The van der Waals surface area contributed by atoms with Gasteiger partial charge in [0, 0.05) is 18.8 Å². The predicted molar refractivity (Wildman–Crippen MR) is 104 cm³/mol. The van der Waals surface area contributed by atoms with Crippen molar-refractivity contribution in [3.63, 3.8) is 0 Å². The summed E-state index contributed by atoms with van der Waals surface area (Å²) >= 11 is 0. The number of aliphatic hydroxyl groups is 2. The SMILES string of the molecule is O=C([O-])C[C@H](O)C[C@H](O)/C=C/C=C1\C=CC2=C(CCC=C2)c2ccccc21.[Na+]. The Balaban J connectivity index is 0.00000280. The molecule has 0 heterocycles. The fraction of sp³-hybridized carbons (Fsp3) is 0.261. The summed E-state index contributed by atoms with van der Waals surface area (Å²) in [6, 6.07) is 8.29. The molecule has 0 unspecified atom stereocenters. The minimum Gasteiger partial charge on any atom is -0.550 e. The molecule has 0 bridgehead atoms. The summed E-state index contributed by atoms with van der Waals surface area (Å²) in [5, 5.41) is 30.0. The number of allylic oxidation sites excluding steroid dienone is 9. The van der Waals surface area contributed by atoms with E-state index in [9.17, 15) is 20.1 Å². The number of aliphatic hydroxyl groups excluding tert-OH is 2. The van der Waals surface area contributed by atoms with Crippen LogP contribution in [0.2, 0.25) is 0 Å². The van der Waals surface area contributed by atoms with Crippen molar-refractivity contribution in [2.45, 2.75) is 37.9 Å². The van der Waals surface area contributed by atoms with Crippen LogP contribution in [0.4, 0.5) is 0 Å². The fourth-order valence-electron chi connectivity index (χ4n) is 3.46. The molecule has 0 aromatic heterocycles. The van der Waals surface area contributed by atoms with E-state index in [2.05, 4.69) is 36.4 Å².